The van der Waals surface area contributed by atoms with Crippen LogP contribution in [0, 0.1) is 0 Å². The molecule has 0 spiro atoms. The molecule has 2 fully saturated rings. The maximum Gasteiger partial charge on any atom is 0.320 e. The molecule has 2 aliphatic rings. The lowest BCUT2D eigenvalue weighted by atomic mass is 10.3. The first-order chi connectivity index (χ1) is 10.3. The van der Waals surface area contributed by atoms with E-state index in [9.17, 15) is 4.79 Å². The number of carbonyl (C=O) groups excluding carboxylic acids is 1. The van der Waals surface area contributed by atoms with Crippen molar-refractivity contribution in [3.8, 4) is 0 Å². The Morgan fingerprint density at radius 2 is 1.71 bits per heavy atom. The van der Waals surface area contributed by atoms with Gasteiger partial charge in [0.15, 0.2) is 0 Å². The molecule has 0 saturated carbocycles. The molecule has 2 saturated heterocycles. The maximum atomic E-state index is 12.4. The molecule has 0 N–H and O–H groups in total. The lowest BCUT2D eigenvalue weighted by Gasteiger charge is -2.37. The van der Waals surface area contributed by atoms with E-state index in [0.29, 0.717) is 51.3 Å². The lowest BCUT2D eigenvalue weighted by Crippen LogP contribution is -2.54. The van der Waals surface area contributed by atoms with Crippen LogP contribution in [-0.2, 0) is 11.2 Å². The van der Waals surface area contributed by atoms with Crippen molar-refractivity contribution in [1.82, 2.24) is 20.0 Å². The highest BCUT2D eigenvalue weighted by atomic mass is 16.5. The fraction of sp³-hybridized carbons (Fsp3) is 0.769. The van der Waals surface area contributed by atoms with Gasteiger partial charge in [-0.05, 0) is 0 Å². The van der Waals surface area contributed by atoms with E-state index in [4.69, 9.17) is 9.15 Å². The van der Waals surface area contributed by atoms with Crippen LogP contribution in [0.2, 0.25) is 0 Å². The maximum absolute atomic E-state index is 12.4. The zero-order chi connectivity index (χ0) is 14.7. The predicted molar refractivity (Wildman–Crippen MR) is 75.3 cm³/mol. The van der Waals surface area contributed by atoms with Gasteiger partial charge in [0.2, 0.25) is 5.89 Å². The monoisotopic (exact) mass is 295 g/mol. The third kappa shape index (κ3) is 3.10. The predicted octanol–water partition coefficient (Wildman–Crippen LogP) is 0.206. The summed E-state index contributed by atoms with van der Waals surface area (Å²) in [4.78, 5) is 18.2. The number of carbonyl (C=O) groups is 1. The van der Waals surface area contributed by atoms with Gasteiger partial charge in [-0.3, -0.25) is 0 Å². The average Bonchev–Trinajstić information content (AvgIpc) is 3.04. The second-order valence-corrected chi connectivity index (χ2v) is 5.19. The van der Waals surface area contributed by atoms with E-state index in [1.165, 1.54) is 0 Å². The molecule has 0 aliphatic carbocycles. The number of hydrogen-bond donors (Lipinski definition) is 0. The largest absolute Gasteiger partial charge is 0.408 e. The van der Waals surface area contributed by atoms with Crippen LogP contribution in [0.5, 0.6) is 0 Å². The molecule has 2 amide bonds. The normalized spacial score (nSPS) is 20.0. The van der Waals surface area contributed by atoms with Gasteiger partial charge in [-0.25, -0.2) is 4.79 Å². The highest BCUT2D eigenvalue weighted by Crippen LogP contribution is 2.16. The summed E-state index contributed by atoms with van der Waals surface area (Å²) in [6.45, 7) is 7.42. The van der Waals surface area contributed by atoms with Crippen LogP contribution in [0.25, 0.3) is 0 Å². The molecular formula is C13H21N5O3. The smallest absolute Gasteiger partial charge is 0.320 e. The van der Waals surface area contributed by atoms with Gasteiger partial charge in [0, 0.05) is 45.7 Å². The fourth-order valence-electron chi connectivity index (χ4n) is 2.56. The minimum absolute atomic E-state index is 0.109. The Morgan fingerprint density at radius 3 is 2.33 bits per heavy atom. The van der Waals surface area contributed by atoms with Crippen molar-refractivity contribution >= 4 is 12.0 Å². The first-order valence-electron chi connectivity index (χ1n) is 7.47. The lowest BCUT2D eigenvalue weighted by molar-refractivity contribution is 0.0427. The molecule has 3 heterocycles. The Kier molecular flexibility index (Phi) is 4.23. The number of nitrogens with zero attached hydrogens (tertiary/aromatic N) is 5. The molecule has 0 bridgehead atoms. The molecule has 0 aromatic carbocycles. The van der Waals surface area contributed by atoms with E-state index < -0.39 is 0 Å². The number of rotatable bonds is 2. The molecule has 8 nitrogen and oxygen atoms in total. The van der Waals surface area contributed by atoms with E-state index >= 15 is 0 Å². The van der Waals surface area contributed by atoms with Crippen LogP contribution in [0.3, 0.4) is 0 Å². The summed E-state index contributed by atoms with van der Waals surface area (Å²) in [7, 11) is 0. The minimum Gasteiger partial charge on any atom is -0.408 e. The van der Waals surface area contributed by atoms with Gasteiger partial charge in [0.25, 0.3) is 0 Å². The van der Waals surface area contributed by atoms with Gasteiger partial charge < -0.3 is 23.9 Å². The van der Waals surface area contributed by atoms with Gasteiger partial charge in [-0.1, -0.05) is 12.0 Å². The summed E-state index contributed by atoms with van der Waals surface area (Å²) >= 11 is 0. The van der Waals surface area contributed by atoms with Crippen molar-refractivity contribution in [3.63, 3.8) is 0 Å². The van der Waals surface area contributed by atoms with Crippen LogP contribution in [0.4, 0.5) is 10.8 Å². The Bertz CT molecular complexity index is 478. The Labute approximate surface area is 123 Å². The molecule has 8 heteroatoms. The highest BCUT2D eigenvalue weighted by molar-refractivity contribution is 5.74. The second kappa shape index (κ2) is 6.30. The molecule has 1 aromatic rings. The third-order valence-corrected chi connectivity index (χ3v) is 3.86. The molecule has 0 atom stereocenters. The van der Waals surface area contributed by atoms with Crippen molar-refractivity contribution in [2.24, 2.45) is 0 Å². The average molecular weight is 295 g/mol. The highest BCUT2D eigenvalue weighted by Gasteiger charge is 2.27. The van der Waals surface area contributed by atoms with Gasteiger partial charge in [0.05, 0.1) is 13.2 Å². The molecule has 2 aliphatic heterocycles. The Hall–Kier alpha value is -1.83. The summed E-state index contributed by atoms with van der Waals surface area (Å²) in [5.41, 5.74) is 0. The first-order valence-corrected chi connectivity index (χ1v) is 7.47. The van der Waals surface area contributed by atoms with Crippen molar-refractivity contribution < 1.29 is 13.9 Å². The topological polar surface area (TPSA) is 74.9 Å². The fourth-order valence-corrected chi connectivity index (χ4v) is 2.56. The number of aromatic nitrogens is 2. The standard InChI is InChI=1S/C13H21N5O3/c1-2-11-14-15-12(21-11)16-3-5-17(6-4-16)13(19)18-7-9-20-10-8-18/h2-10H2,1H3. The molecule has 0 radical (unpaired) electrons. The van der Waals surface area contributed by atoms with Crippen LogP contribution >= 0.6 is 0 Å². The minimum atomic E-state index is 0.109. The molecule has 21 heavy (non-hydrogen) atoms. The molecule has 0 unspecified atom stereocenters. The van der Waals surface area contributed by atoms with Gasteiger partial charge >= 0.3 is 12.0 Å². The number of morpholine rings is 1. The van der Waals surface area contributed by atoms with Crippen molar-refractivity contribution in [2.75, 3.05) is 57.4 Å². The third-order valence-electron chi connectivity index (χ3n) is 3.86. The number of aryl methyl sites for hydroxylation is 1. The van der Waals surface area contributed by atoms with Crippen LogP contribution in [0.1, 0.15) is 12.8 Å². The number of urea groups is 1. The number of anilines is 1. The number of piperazine rings is 1. The van der Waals surface area contributed by atoms with Gasteiger partial charge in [0.1, 0.15) is 0 Å². The number of hydrogen-bond acceptors (Lipinski definition) is 6. The quantitative estimate of drug-likeness (QED) is 0.776. The van der Waals surface area contributed by atoms with E-state index in [0.717, 1.165) is 19.5 Å². The molecular weight excluding hydrogens is 274 g/mol. The van der Waals surface area contributed by atoms with E-state index in [-0.39, 0.29) is 6.03 Å². The van der Waals surface area contributed by atoms with Crippen LogP contribution in [-0.4, -0.2) is 78.5 Å². The first kappa shape index (κ1) is 14.1. The van der Waals surface area contributed by atoms with Crippen molar-refractivity contribution in [1.29, 1.82) is 0 Å². The second-order valence-electron chi connectivity index (χ2n) is 5.19. The van der Waals surface area contributed by atoms with Crippen molar-refractivity contribution in [3.05, 3.63) is 5.89 Å². The zero-order valence-corrected chi connectivity index (χ0v) is 12.3. The van der Waals surface area contributed by atoms with Crippen LogP contribution in [0.15, 0.2) is 4.42 Å². The van der Waals surface area contributed by atoms with E-state index in [1.54, 1.807) is 0 Å². The number of amides is 2. The Balaban J connectivity index is 1.53. The van der Waals surface area contributed by atoms with E-state index in [2.05, 4.69) is 10.2 Å². The summed E-state index contributed by atoms with van der Waals surface area (Å²) in [6.07, 6.45) is 0.739. The van der Waals surface area contributed by atoms with Gasteiger partial charge in [-0.15, -0.1) is 5.10 Å². The Morgan fingerprint density at radius 1 is 1.05 bits per heavy atom. The van der Waals surface area contributed by atoms with E-state index in [1.807, 2.05) is 21.6 Å². The summed E-state index contributed by atoms with van der Waals surface area (Å²) < 4.78 is 10.8. The summed E-state index contributed by atoms with van der Waals surface area (Å²) in [5, 5.41) is 8.03. The zero-order valence-electron chi connectivity index (χ0n) is 12.3. The molecule has 1 aromatic heterocycles. The van der Waals surface area contributed by atoms with Crippen molar-refractivity contribution in [2.45, 2.75) is 13.3 Å². The summed E-state index contributed by atoms with van der Waals surface area (Å²) in [6, 6.07) is 0.669. The summed E-state index contributed by atoms with van der Waals surface area (Å²) in [5.74, 6) is 0.650. The molecule has 116 valence electrons. The molecule has 3 rings (SSSR count). The SMILES string of the molecule is CCc1nnc(N2CCN(C(=O)N3CCOCC3)CC2)o1. The van der Waals surface area contributed by atoms with Crippen LogP contribution < -0.4 is 4.90 Å². The van der Waals surface area contributed by atoms with Gasteiger partial charge in [-0.2, -0.15) is 0 Å². The number of ether oxygens (including phenoxy) is 1.